The number of hydrogen-bond acceptors (Lipinski definition) is 3. The molecule has 0 aliphatic rings. The second kappa shape index (κ2) is 9.59. The summed E-state index contributed by atoms with van der Waals surface area (Å²) in [6.45, 7) is 1.23. The number of ether oxygens (including phenoxy) is 1. The molecule has 0 aliphatic carbocycles. The van der Waals surface area contributed by atoms with Crippen molar-refractivity contribution in [2.45, 2.75) is 13.0 Å². The predicted octanol–water partition coefficient (Wildman–Crippen LogP) is -1.52. The largest absolute Gasteiger partial charge is 1.00 e. The van der Waals surface area contributed by atoms with E-state index in [0.29, 0.717) is 19.6 Å². The molecule has 1 aromatic rings. The van der Waals surface area contributed by atoms with Crippen molar-refractivity contribution in [3.8, 4) is 0 Å². The van der Waals surface area contributed by atoms with Crippen molar-refractivity contribution < 1.29 is 64.5 Å². The smallest absolute Gasteiger partial charge is 0.550 e. The zero-order valence-corrected chi connectivity index (χ0v) is 13.8. The van der Waals surface area contributed by atoms with E-state index in [-0.39, 0.29) is 57.9 Å². The van der Waals surface area contributed by atoms with Gasteiger partial charge in [0.1, 0.15) is 10.2 Å². The van der Waals surface area contributed by atoms with E-state index in [1.54, 1.807) is 0 Å². The summed E-state index contributed by atoms with van der Waals surface area (Å²) in [5.74, 6) is 0. The first kappa shape index (κ1) is 17.7. The van der Waals surface area contributed by atoms with E-state index in [0.717, 1.165) is 5.56 Å². The summed E-state index contributed by atoms with van der Waals surface area (Å²) in [7, 11) is -3.82. The average molecular weight is 282 g/mol. The Morgan fingerprint density at radius 3 is 2.47 bits per heavy atom. The van der Waals surface area contributed by atoms with Crippen LogP contribution in [-0.2, 0) is 21.6 Å². The van der Waals surface area contributed by atoms with Gasteiger partial charge in [0, 0.05) is 13.2 Å². The molecule has 0 saturated heterocycles. The molecular weight excluding hydrogens is 267 g/mol. The van der Waals surface area contributed by atoms with Gasteiger partial charge in [0.15, 0.2) is 0 Å². The van der Waals surface area contributed by atoms with Gasteiger partial charge in [-0.2, -0.15) is 0 Å². The van der Waals surface area contributed by atoms with Gasteiger partial charge in [-0.1, -0.05) is 30.3 Å². The van der Waals surface area contributed by atoms with Gasteiger partial charge in [-0.3, -0.25) is 0 Å². The number of hydrogen-bond donors (Lipinski definition) is 1. The molecule has 17 heavy (non-hydrogen) atoms. The molecule has 7 heteroatoms. The van der Waals surface area contributed by atoms with Gasteiger partial charge in [0.2, 0.25) is 0 Å². The molecule has 0 aliphatic heterocycles. The second-order valence-corrected chi connectivity index (χ2v) is 4.59. The molecule has 0 bridgehead atoms. The molecule has 1 aromatic carbocycles. The van der Waals surface area contributed by atoms with Gasteiger partial charge in [0.05, 0.1) is 6.61 Å². The van der Waals surface area contributed by atoms with Gasteiger partial charge in [-0.25, -0.2) is 13.1 Å². The Labute approximate surface area is 145 Å². The van der Waals surface area contributed by atoms with E-state index < -0.39 is 10.2 Å². The van der Waals surface area contributed by atoms with Crippen LogP contribution in [-0.4, -0.2) is 21.6 Å². The van der Waals surface area contributed by atoms with E-state index in [2.05, 4.69) is 4.72 Å². The van der Waals surface area contributed by atoms with Gasteiger partial charge in [-0.15, -0.1) is 0 Å². The molecule has 1 rings (SSSR count). The molecule has 0 unspecified atom stereocenters. The topological polar surface area (TPSA) is 79.2 Å². The molecule has 0 heterocycles. The van der Waals surface area contributed by atoms with Crippen LogP contribution in [0.4, 0.5) is 0 Å². The number of benzene rings is 1. The van der Waals surface area contributed by atoms with Gasteiger partial charge in [-0.05, 0) is 12.0 Å². The third-order valence-corrected chi connectivity index (χ3v) is 2.45. The summed E-state index contributed by atoms with van der Waals surface area (Å²) in [6.07, 6.45) is 0.560. The first-order chi connectivity index (χ1) is 7.58. The summed E-state index contributed by atoms with van der Waals surface area (Å²) in [4.78, 5) is 0. The number of rotatable bonds is 7. The Hall–Kier alpha value is 0.686. The summed E-state index contributed by atoms with van der Waals surface area (Å²) in [5.41, 5.74) is 1.09. The normalized spacial score (nSPS) is 10.9. The maximum Gasteiger partial charge on any atom is 1.00 e. The molecular formula is C10H15KN2O3S. The quantitative estimate of drug-likeness (QED) is 0.487. The summed E-state index contributed by atoms with van der Waals surface area (Å²) < 4.78 is 28.2. The van der Waals surface area contributed by atoms with E-state index in [4.69, 9.17) is 9.88 Å². The molecule has 90 valence electrons. The predicted molar refractivity (Wildman–Crippen MR) is 62.0 cm³/mol. The first-order valence-corrected chi connectivity index (χ1v) is 6.42. The van der Waals surface area contributed by atoms with Crippen molar-refractivity contribution >= 4 is 10.2 Å². The van der Waals surface area contributed by atoms with Crippen molar-refractivity contribution in [3.05, 3.63) is 41.0 Å². The van der Waals surface area contributed by atoms with Gasteiger partial charge in [0.25, 0.3) is 0 Å². The van der Waals surface area contributed by atoms with Crippen LogP contribution < -0.4 is 56.1 Å². The van der Waals surface area contributed by atoms with Gasteiger partial charge < -0.3 is 9.88 Å². The minimum absolute atomic E-state index is 0. The van der Waals surface area contributed by atoms with Crippen LogP contribution in [0, 0.1) is 0 Å². The average Bonchev–Trinajstić information content (AvgIpc) is 2.23. The zero-order chi connectivity index (χ0) is 11.9. The van der Waals surface area contributed by atoms with Crippen molar-refractivity contribution in [1.82, 2.24) is 4.72 Å². The summed E-state index contributed by atoms with van der Waals surface area (Å²) in [5, 5.41) is 6.57. The Balaban J connectivity index is 0.00000256. The van der Waals surface area contributed by atoms with Crippen LogP contribution in [0.2, 0.25) is 0 Å². The van der Waals surface area contributed by atoms with Crippen LogP contribution in [0.3, 0.4) is 0 Å². The number of nitrogens with one attached hydrogen (secondary N) is 2. The summed E-state index contributed by atoms with van der Waals surface area (Å²) in [6, 6.07) is 9.74. The molecule has 0 spiro atoms. The molecule has 0 saturated carbocycles. The molecule has 2 N–H and O–H groups in total. The van der Waals surface area contributed by atoms with E-state index in [1.807, 2.05) is 30.3 Å². The van der Waals surface area contributed by atoms with Crippen LogP contribution in [0.1, 0.15) is 12.0 Å². The minimum atomic E-state index is -3.82. The van der Waals surface area contributed by atoms with Crippen molar-refractivity contribution in [3.63, 3.8) is 0 Å². The second-order valence-electron chi connectivity index (χ2n) is 3.29. The van der Waals surface area contributed by atoms with E-state index in [1.165, 1.54) is 0 Å². The Bertz CT molecular complexity index is 397. The summed E-state index contributed by atoms with van der Waals surface area (Å²) >= 11 is 0. The third kappa shape index (κ3) is 10.3. The Morgan fingerprint density at radius 2 is 1.88 bits per heavy atom. The van der Waals surface area contributed by atoms with Crippen LogP contribution in [0.25, 0.3) is 5.14 Å². The molecule has 5 nitrogen and oxygen atoms in total. The van der Waals surface area contributed by atoms with Crippen LogP contribution >= 0.6 is 0 Å². The van der Waals surface area contributed by atoms with Crippen molar-refractivity contribution in [1.29, 1.82) is 0 Å². The SMILES string of the molecule is [K+].[NH-]S(=O)(=O)NCCCOCc1ccccc1. The Kier molecular flexibility index (Phi) is 9.98. The molecule has 0 atom stereocenters. The molecule has 0 amide bonds. The maximum absolute atomic E-state index is 10.4. The molecule has 0 aromatic heterocycles. The minimum Gasteiger partial charge on any atom is -0.550 e. The van der Waals surface area contributed by atoms with E-state index >= 15 is 0 Å². The third-order valence-electron chi connectivity index (χ3n) is 1.87. The maximum atomic E-state index is 10.4. The monoisotopic (exact) mass is 282 g/mol. The van der Waals surface area contributed by atoms with Crippen molar-refractivity contribution in [2.24, 2.45) is 0 Å². The van der Waals surface area contributed by atoms with Crippen molar-refractivity contribution in [2.75, 3.05) is 13.2 Å². The molecule has 0 radical (unpaired) electrons. The van der Waals surface area contributed by atoms with Crippen LogP contribution in [0.15, 0.2) is 30.3 Å². The molecule has 0 fully saturated rings. The van der Waals surface area contributed by atoms with Crippen LogP contribution in [0.5, 0.6) is 0 Å². The fourth-order valence-electron chi connectivity index (χ4n) is 1.15. The Morgan fingerprint density at radius 1 is 1.24 bits per heavy atom. The van der Waals surface area contributed by atoms with Gasteiger partial charge >= 0.3 is 51.4 Å². The first-order valence-electron chi connectivity index (χ1n) is 4.94. The fourth-order valence-corrected chi connectivity index (χ4v) is 1.56. The van der Waals surface area contributed by atoms with E-state index in [9.17, 15) is 8.42 Å². The standard InChI is InChI=1S/C10H15N2O3S.K/c11-16(13,14)12-7-4-8-15-9-10-5-2-1-3-6-10;/h1-3,5-6,12H,4,7-9H2,(H-,11,13,14);/q-1;+1. The fraction of sp³-hybridized carbons (Fsp3) is 0.400. The zero-order valence-electron chi connectivity index (χ0n) is 9.85.